The number of urea groups is 1. The van der Waals surface area contributed by atoms with Gasteiger partial charge in [-0.15, -0.1) is 0 Å². The molecule has 2 aliphatic heterocycles. The highest BCUT2D eigenvalue weighted by molar-refractivity contribution is 5.82. The number of carbonyl (C=O) groups excluding carboxylic acids is 2. The smallest absolute Gasteiger partial charge is 0.318 e. The Labute approximate surface area is 160 Å². The van der Waals surface area contributed by atoms with E-state index >= 15 is 0 Å². The quantitative estimate of drug-likeness (QED) is 0.885. The van der Waals surface area contributed by atoms with Crippen LogP contribution < -0.4 is 5.32 Å². The van der Waals surface area contributed by atoms with Gasteiger partial charge in [-0.2, -0.15) is 0 Å². The number of amides is 3. The van der Waals surface area contributed by atoms with E-state index < -0.39 is 0 Å². The molecule has 27 heavy (non-hydrogen) atoms. The summed E-state index contributed by atoms with van der Waals surface area (Å²) < 4.78 is 5.50. The lowest BCUT2D eigenvalue weighted by molar-refractivity contribution is -0.142. The molecule has 1 saturated carbocycles. The Morgan fingerprint density at radius 1 is 0.963 bits per heavy atom. The molecule has 1 aromatic rings. The SMILES string of the molecule is O=C(N[C@H](c1ccccc1)C1CCC1)N1CCN(C(=O)[C@@H]2CCCO2)CC1. The van der Waals surface area contributed by atoms with Crippen molar-refractivity contribution in [3.8, 4) is 0 Å². The Morgan fingerprint density at radius 3 is 2.26 bits per heavy atom. The van der Waals surface area contributed by atoms with Crippen LogP contribution in [0.15, 0.2) is 30.3 Å². The molecule has 2 atom stereocenters. The van der Waals surface area contributed by atoms with E-state index in [2.05, 4.69) is 17.4 Å². The van der Waals surface area contributed by atoms with Crippen LogP contribution >= 0.6 is 0 Å². The topological polar surface area (TPSA) is 61.9 Å². The van der Waals surface area contributed by atoms with Gasteiger partial charge in [-0.1, -0.05) is 36.8 Å². The van der Waals surface area contributed by atoms with Crippen molar-refractivity contribution >= 4 is 11.9 Å². The zero-order valence-corrected chi connectivity index (χ0v) is 15.8. The molecule has 0 radical (unpaired) electrons. The third-order valence-corrected chi connectivity index (χ3v) is 6.14. The van der Waals surface area contributed by atoms with Gasteiger partial charge in [-0.05, 0) is 37.2 Å². The molecule has 1 aliphatic carbocycles. The Bertz CT molecular complexity index is 648. The van der Waals surface area contributed by atoms with Crippen molar-refractivity contribution < 1.29 is 14.3 Å². The van der Waals surface area contributed by atoms with Crippen molar-refractivity contribution in [3.05, 3.63) is 35.9 Å². The number of benzene rings is 1. The molecule has 0 bridgehead atoms. The molecule has 3 amide bonds. The molecule has 1 aromatic carbocycles. The van der Waals surface area contributed by atoms with Crippen LogP contribution in [-0.2, 0) is 9.53 Å². The zero-order valence-electron chi connectivity index (χ0n) is 15.8. The van der Waals surface area contributed by atoms with E-state index in [-0.39, 0.29) is 24.1 Å². The van der Waals surface area contributed by atoms with Crippen LogP contribution in [0.1, 0.15) is 43.7 Å². The highest BCUT2D eigenvalue weighted by atomic mass is 16.5. The number of hydrogen-bond acceptors (Lipinski definition) is 3. The number of piperazine rings is 1. The van der Waals surface area contributed by atoms with Crippen molar-refractivity contribution in [2.24, 2.45) is 5.92 Å². The lowest BCUT2D eigenvalue weighted by Gasteiger charge is -2.39. The second-order valence-corrected chi connectivity index (χ2v) is 7.84. The van der Waals surface area contributed by atoms with Gasteiger partial charge in [0.05, 0.1) is 6.04 Å². The van der Waals surface area contributed by atoms with Crippen molar-refractivity contribution in [1.82, 2.24) is 15.1 Å². The fraction of sp³-hybridized carbons (Fsp3) is 0.619. The molecule has 2 saturated heterocycles. The molecule has 4 rings (SSSR count). The van der Waals surface area contributed by atoms with Gasteiger partial charge in [-0.3, -0.25) is 4.79 Å². The first-order valence-electron chi connectivity index (χ1n) is 10.2. The normalized spacial score (nSPS) is 24.4. The third kappa shape index (κ3) is 4.10. The average molecular weight is 371 g/mol. The van der Waals surface area contributed by atoms with E-state index in [1.807, 2.05) is 28.0 Å². The second kappa shape index (κ2) is 8.30. The van der Waals surface area contributed by atoms with E-state index in [9.17, 15) is 9.59 Å². The van der Waals surface area contributed by atoms with Crippen LogP contribution in [0, 0.1) is 5.92 Å². The van der Waals surface area contributed by atoms with Gasteiger partial charge in [0.25, 0.3) is 5.91 Å². The maximum absolute atomic E-state index is 12.8. The molecule has 1 N–H and O–H groups in total. The molecule has 146 valence electrons. The van der Waals surface area contributed by atoms with Crippen LogP contribution in [0.2, 0.25) is 0 Å². The van der Waals surface area contributed by atoms with Crippen LogP contribution in [0.3, 0.4) is 0 Å². The molecular formula is C21H29N3O3. The molecule has 0 unspecified atom stereocenters. The molecule has 3 aliphatic rings. The van der Waals surface area contributed by atoms with Gasteiger partial charge in [0, 0.05) is 32.8 Å². The van der Waals surface area contributed by atoms with Gasteiger partial charge in [0.15, 0.2) is 0 Å². The highest BCUT2D eigenvalue weighted by Gasteiger charge is 2.34. The second-order valence-electron chi connectivity index (χ2n) is 7.84. The van der Waals surface area contributed by atoms with Gasteiger partial charge >= 0.3 is 6.03 Å². The van der Waals surface area contributed by atoms with Crippen molar-refractivity contribution in [2.75, 3.05) is 32.8 Å². The summed E-state index contributed by atoms with van der Waals surface area (Å²) in [5.41, 5.74) is 1.18. The lowest BCUT2D eigenvalue weighted by Crippen LogP contribution is -2.55. The van der Waals surface area contributed by atoms with Crippen LogP contribution in [0.25, 0.3) is 0 Å². The standard InChI is InChI=1S/C21H29N3O3/c25-20(18-10-5-15-27-18)23-11-13-24(14-12-23)21(26)22-19(17-8-4-9-17)16-6-2-1-3-7-16/h1-3,6-7,17-19H,4-5,8-15H2,(H,22,26)/t18-,19+/m0/s1. The largest absolute Gasteiger partial charge is 0.368 e. The summed E-state index contributed by atoms with van der Waals surface area (Å²) in [6, 6.07) is 10.3. The number of nitrogens with zero attached hydrogens (tertiary/aromatic N) is 2. The minimum Gasteiger partial charge on any atom is -0.368 e. The maximum Gasteiger partial charge on any atom is 0.318 e. The van der Waals surface area contributed by atoms with Crippen molar-refractivity contribution in [3.63, 3.8) is 0 Å². The van der Waals surface area contributed by atoms with E-state index in [0.29, 0.717) is 38.7 Å². The van der Waals surface area contributed by atoms with Gasteiger partial charge in [0.2, 0.25) is 0 Å². The Balaban J connectivity index is 1.32. The summed E-state index contributed by atoms with van der Waals surface area (Å²) in [7, 11) is 0. The Kier molecular flexibility index (Phi) is 5.62. The minimum atomic E-state index is -0.272. The van der Waals surface area contributed by atoms with Crippen LogP contribution in [0.4, 0.5) is 4.79 Å². The van der Waals surface area contributed by atoms with Crippen molar-refractivity contribution in [1.29, 1.82) is 0 Å². The summed E-state index contributed by atoms with van der Waals surface area (Å²) in [5, 5.41) is 3.26. The Morgan fingerprint density at radius 2 is 1.67 bits per heavy atom. The molecule has 6 nitrogen and oxygen atoms in total. The summed E-state index contributed by atoms with van der Waals surface area (Å²) in [5.74, 6) is 0.614. The molecule has 0 aromatic heterocycles. The van der Waals surface area contributed by atoms with Gasteiger partial charge in [-0.25, -0.2) is 4.79 Å². The molecule has 2 heterocycles. The fourth-order valence-corrected chi connectivity index (χ4v) is 4.24. The maximum atomic E-state index is 12.8. The van der Waals surface area contributed by atoms with E-state index in [0.717, 1.165) is 12.8 Å². The third-order valence-electron chi connectivity index (χ3n) is 6.14. The van der Waals surface area contributed by atoms with Gasteiger partial charge < -0.3 is 19.9 Å². The zero-order chi connectivity index (χ0) is 18.6. The summed E-state index contributed by atoms with van der Waals surface area (Å²) in [6.45, 7) is 3.02. The number of carbonyl (C=O) groups is 2. The fourth-order valence-electron chi connectivity index (χ4n) is 4.24. The van der Waals surface area contributed by atoms with E-state index in [1.54, 1.807) is 0 Å². The first-order valence-corrected chi connectivity index (χ1v) is 10.2. The average Bonchev–Trinajstić information content (AvgIpc) is 3.21. The molecule has 0 spiro atoms. The van der Waals surface area contributed by atoms with Gasteiger partial charge in [0.1, 0.15) is 6.10 Å². The number of rotatable bonds is 4. The van der Waals surface area contributed by atoms with E-state index in [1.165, 1.54) is 24.8 Å². The predicted octanol–water partition coefficient (Wildman–Crippen LogP) is 2.56. The predicted molar refractivity (Wildman–Crippen MR) is 102 cm³/mol. The van der Waals surface area contributed by atoms with Crippen LogP contribution in [-0.4, -0.2) is 60.6 Å². The number of ether oxygens (including phenoxy) is 1. The number of hydrogen-bond donors (Lipinski definition) is 1. The summed E-state index contributed by atoms with van der Waals surface area (Å²) >= 11 is 0. The van der Waals surface area contributed by atoms with Crippen molar-refractivity contribution in [2.45, 2.75) is 44.2 Å². The molecular weight excluding hydrogens is 342 g/mol. The summed E-state index contributed by atoms with van der Waals surface area (Å²) in [4.78, 5) is 29.0. The summed E-state index contributed by atoms with van der Waals surface area (Å²) in [6.07, 6.45) is 5.09. The first kappa shape index (κ1) is 18.3. The highest BCUT2D eigenvalue weighted by Crippen LogP contribution is 2.37. The minimum absolute atomic E-state index is 0.0139. The first-order chi connectivity index (χ1) is 13.2. The van der Waals surface area contributed by atoms with E-state index in [4.69, 9.17) is 4.74 Å². The van der Waals surface area contributed by atoms with Crippen LogP contribution in [0.5, 0.6) is 0 Å². The Hall–Kier alpha value is -2.08. The number of nitrogens with one attached hydrogen (secondary N) is 1. The molecule has 3 fully saturated rings. The molecule has 6 heteroatoms. The lowest BCUT2D eigenvalue weighted by atomic mass is 9.77. The monoisotopic (exact) mass is 371 g/mol.